The van der Waals surface area contributed by atoms with Gasteiger partial charge in [0.25, 0.3) is 11.8 Å². The summed E-state index contributed by atoms with van der Waals surface area (Å²) >= 11 is 0. The monoisotopic (exact) mass is 406 g/mol. The lowest BCUT2D eigenvalue weighted by molar-refractivity contribution is -0.123. The Hall–Kier alpha value is -3.94. The third-order valence-corrected chi connectivity index (χ3v) is 4.40. The van der Waals surface area contributed by atoms with Crippen LogP contribution in [0.3, 0.4) is 0 Å². The summed E-state index contributed by atoms with van der Waals surface area (Å²) in [6.07, 6.45) is 0. The topological polar surface area (TPSA) is 102 Å². The molecule has 1 heterocycles. The Bertz CT molecular complexity index is 1120. The number of hydrogen-bond donors (Lipinski definition) is 2. The fourth-order valence-electron chi connectivity index (χ4n) is 2.92. The maximum absolute atomic E-state index is 12.4. The van der Waals surface area contributed by atoms with E-state index in [0.29, 0.717) is 17.1 Å². The molecular formula is C22H22N4O4. The van der Waals surface area contributed by atoms with Crippen LogP contribution in [0.2, 0.25) is 0 Å². The van der Waals surface area contributed by atoms with E-state index in [-0.39, 0.29) is 12.3 Å². The first-order valence-corrected chi connectivity index (χ1v) is 9.31. The fourth-order valence-corrected chi connectivity index (χ4v) is 2.92. The summed E-state index contributed by atoms with van der Waals surface area (Å²) in [6.45, 7) is 5.18. The van der Waals surface area contributed by atoms with Crippen LogP contribution in [0, 0.1) is 20.8 Å². The zero-order valence-electron chi connectivity index (χ0n) is 16.9. The molecule has 154 valence electrons. The lowest BCUT2D eigenvalue weighted by Gasteiger charge is -2.13. The van der Waals surface area contributed by atoms with Gasteiger partial charge >= 0.3 is 0 Å². The van der Waals surface area contributed by atoms with Crippen molar-refractivity contribution in [3.63, 3.8) is 0 Å². The molecule has 0 fully saturated rings. The predicted octanol–water partition coefficient (Wildman–Crippen LogP) is 2.00. The highest BCUT2D eigenvalue weighted by molar-refractivity contribution is 5.93. The number of hydrazine groups is 1. The normalized spacial score (nSPS) is 10.4. The van der Waals surface area contributed by atoms with Gasteiger partial charge in [0.2, 0.25) is 5.43 Å². The van der Waals surface area contributed by atoms with E-state index in [1.54, 1.807) is 19.1 Å². The molecule has 0 bridgehead atoms. The molecule has 3 rings (SSSR count). The van der Waals surface area contributed by atoms with Crippen molar-refractivity contribution in [3.8, 4) is 11.4 Å². The molecule has 3 aromatic rings. The number of ether oxygens (including phenoxy) is 1. The second kappa shape index (κ2) is 9.04. The molecular weight excluding hydrogens is 384 g/mol. The minimum absolute atomic E-state index is 0.290. The summed E-state index contributed by atoms with van der Waals surface area (Å²) in [7, 11) is 0. The molecule has 8 heteroatoms. The smallest absolute Gasteiger partial charge is 0.294 e. The van der Waals surface area contributed by atoms with E-state index in [2.05, 4.69) is 16.0 Å². The molecule has 30 heavy (non-hydrogen) atoms. The van der Waals surface area contributed by atoms with Crippen molar-refractivity contribution >= 4 is 11.8 Å². The number of aryl methyl sites for hydroxylation is 3. The standard InChI is InChI=1S/C22H22N4O4/c1-14-8-7-9-15(2)21(14)30-13-19(28)23-24-22(29)20-18(27)12-16(3)26(25-20)17-10-5-4-6-11-17/h4-12H,13H2,1-3H3,(H,23,28)(H,24,29). The second-order valence-corrected chi connectivity index (χ2v) is 6.76. The van der Waals surface area contributed by atoms with E-state index in [0.717, 1.165) is 11.1 Å². The first kappa shape index (κ1) is 20.8. The largest absolute Gasteiger partial charge is 0.483 e. The molecule has 0 saturated carbocycles. The lowest BCUT2D eigenvalue weighted by atomic mass is 10.1. The van der Waals surface area contributed by atoms with Crippen molar-refractivity contribution in [2.45, 2.75) is 20.8 Å². The average molecular weight is 406 g/mol. The van der Waals surface area contributed by atoms with Crippen molar-refractivity contribution < 1.29 is 14.3 Å². The highest BCUT2D eigenvalue weighted by atomic mass is 16.5. The molecule has 0 aliphatic rings. The van der Waals surface area contributed by atoms with E-state index < -0.39 is 17.2 Å². The Balaban J connectivity index is 1.66. The number of rotatable bonds is 5. The van der Waals surface area contributed by atoms with E-state index in [9.17, 15) is 14.4 Å². The van der Waals surface area contributed by atoms with E-state index in [1.807, 2.05) is 50.2 Å². The summed E-state index contributed by atoms with van der Waals surface area (Å²) in [5.41, 5.74) is 6.65. The SMILES string of the molecule is Cc1cccc(C)c1OCC(=O)NNC(=O)c1nn(-c2ccccc2)c(C)cc1=O. The van der Waals surface area contributed by atoms with Crippen molar-refractivity contribution in [1.29, 1.82) is 0 Å². The molecule has 0 spiro atoms. The van der Waals surface area contributed by atoms with E-state index in [1.165, 1.54) is 10.7 Å². The minimum atomic E-state index is -0.815. The van der Waals surface area contributed by atoms with Gasteiger partial charge in [0.15, 0.2) is 12.3 Å². The molecule has 2 N–H and O–H groups in total. The maximum atomic E-state index is 12.4. The van der Waals surface area contributed by atoms with Gasteiger partial charge in [-0.1, -0.05) is 36.4 Å². The summed E-state index contributed by atoms with van der Waals surface area (Å²) in [4.78, 5) is 36.7. The minimum Gasteiger partial charge on any atom is -0.483 e. The molecule has 0 saturated heterocycles. The van der Waals surface area contributed by atoms with Crippen LogP contribution in [0.4, 0.5) is 0 Å². The number of carbonyl (C=O) groups is 2. The molecule has 0 unspecified atom stereocenters. The summed E-state index contributed by atoms with van der Waals surface area (Å²) in [5.74, 6) is -0.767. The number of para-hydroxylation sites is 2. The van der Waals surface area contributed by atoms with Crippen LogP contribution in [-0.4, -0.2) is 28.2 Å². The zero-order valence-corrected chi connectivity index (χ0v) is 16.9. The molecule has 0 radical (unpaired) electrons. The van der Waals surface area contributed by atoms with Crippen LogP contribution < -0.4 is 21.0 Å². The lowest BCUT2D eigenvalue weighted by Crippen LogP contribution is -2.45. The van der Waals surface area contributed by atoms with Crippen molar-refractivity contribution in [2.24, 2.45) is 0 Å². The highest BCUT2D eigenvalue weighted by Gasteiger charge is 2.16. The number of carbonyl (C=O) groups excluding carboxylic acids is 2. The molecule has 0 aliphatic heterocycles. The van der Waals surface area contributed by atoms with Gasteiger partial charge in [0.1, 0.15) is 5.75 Å². The average Bonchev–Trinajstić information content (AvgIpc) is 2.72. The van der Waals surface area contributed by atoms with Crippen LogP contribution in [0.15, 0.2) is 59.4 Å². The zero-order chi connectivity index (χ0) is 21.7. The summed E-state index contributed by atoms with van der Waals surface area (Å²) in [6, 6.07) is 16.1. The highest BCUT2D eigenvalue weighted by Crippen LogP contribution is 2.21. The molecule has 2 aromatic carbocycles. The maximum Gasteiger partial charge on any atom is 0.294 e. The first-order chi connectivity index (χ1) is 14.4. The number of amides is 2. The van der Waals surface area contributed by atoms with E-state index in [4.69, 9.17) is 4.74 Å². The fraction of sp³-hybridized carbons (Fsp3) is 0.182. The Morgan fingerprint density at radius 3 is 2.30 bits per heavy atom. The number of benzene rings is 2. The van der Waals surface area contributed by atoms with Gasteiger partial charge in [-0.15, -0.1) is 0 Å². The van der Waals surface area contributed by atoms with Gasteiger partial charge in [-0.05, 0) is 44.0 Å². The van der Waals surface area contributed by atoms with Gasteiger partial charge < -0.3 is 4.74 Å². The Labute approximate surface area is 173 Å². The number of aromatic nitrogens is 2. The second-order valence-electron chi connectivity index (χ2n) is 6.76. The predicted molar refractivity (Wildman–Crippen MR) is 112 cm³/mol. The van der Waals surface area contributed by atoms with Gasteiger partial charge in [-0.3, -0.25) is 25.2 Å². The van der Waals surface area contributed by atoms with Gasteiger partial charge in [-0.25, -0.2) is 4.68 Å². The quantitative estimate of drug-likeness (QED) is 0.631. The van der Waals surface area contributed by atoms with Gasteiger partial charge in [0.05, 0.1) is 5.69 Å². The van der Waals surface area contributed by atoms with Gasteiger partial charge in [0, 0.05) is 11.8 Å². The van der Waals surface area contributed by atoms with Crippen molar-refractivity contribution in [3.05, 3.63) is 87.3 Å². The third kappa shape index (κ3) is 4.72. The summed E-state index contributed by atoms with van der Waals surface area (Å²) in [5, 5.41) is 4.15. The number of nitrogens with zero attached hydrogens (tertiary/aromatic N) is 2. The van der Waals surface area contributed by atoms with Crippen LogP contribution in [0.25, 0.3) is 5.69 Å². The van der Waals surface area contributed by atoms with Crippen molar-refractivity contribution in [1.82, 2.24) is 20.6 Å². The number of nitrogens with one attached hydrogen (secondary N) is 2. The molecule has 1 aromatic heterocycles. The molecule has 0 aliphatic carbocycles. The summed E-state index contributed by atoms with van der Waals surface area (Å²) < 4.78 is 7.03. The first-order valence-electron chi connectivity index (χ1n) is 9.31. The number of hydrogen-bond acceptors (Lipinski definition) is 5. The van der Waals surface area contributed by atoms with Crippen molar-refractivity contribution in [2.75, 3.05) is 6.61 Å². The molecule has 0 atom stereocenters. The van der Waals surface area contributed by atoms with E-state index >= 15 is 0 Å². The van der Waals surface area contributed by atoms with Crippen LogP contribution in [0.1, 0.15) is 27.3 Å². The van der Waals surface area contributed by atoms with Crippen LogP contribution >= 0.6 is 0 Å². The Morgan fingerprint density at radius 1 is 0.967 bits per heavy atom. The van der Waals surface area contributed by atoms with Crippen LogP contribution in [0.5, 0.6) is 5.75 Å². The third-order valence-electron chi connectivity index (χ3n) is 4.40. The van der Waals surface area contributed by atoms with Crippen LogP contribution in [-0.2, 0) is 4.79 Å². The van der Waals surface area contributed by atoms with Gasteiger partial charge in [-0.2, -0.15) is 5.10 Å². The Morgan fingerprint density at radius 2 is 1.63 bits per heavy atom. The molecule has 8 nitrogen and oxygen atoms in total. The molecule has 2 amide bonds. The Kier molecular flexibility index (Phi) is 6.26.